The fourth-order valence-corrected chi connectivity index (χ4v) is 4.81. The Kier molecular flexibility index (Phi) is 6.02. The Morgan fingerprint density at radius 1 is 1.23 bits per heavy atom. The molecule has 3 aliphatic heterocycles. The number of carbonyl (C=O) groups is 1. The van der Waals surface area contributed by atoms with Crippen molar-refractivity contribution in [1.29, 1.82) is 0 Å². The van der Waals surface area contributed by atoms with Crippen LogP contribution in [0.2, 0.25) is 0 Å². The highest BCUT2D eigenvalue weighted by Crippen LogP contribution is 2.35. The molecule has 5 rings (SSSR count). The number of aliphatic hydroxyl groups is 1. The zero-order chi connectivity index (χ0) is 24.6. The Morgan fingerprint density at radius 2 is 2.00 bits per heavy atom. The molecular formula is C26H32N6O3. The predicted molar refractivity (Wildman–Crippen MR) is 138 cm³/mol. The summed E-state index contributed by atoms with van der Waals surface area (Å²) >= 11 is 0. The molecular weight excluding hydrogens is 444 g/mol. The molecule has 0 saturated carbocycles. The normalized spacial score (nSPS) is 22.1. The third-order valence-electron chi connectivity index (χ3n) is 6.96. The lowest BCUT2D eigenvalue weighted by Crippen LogP contribution is -2.55. The van der Waals surface area contributed by atoms with Gasteiger partial charge in [0.1, 0.15) is 17.3 Å². The highest BCUT2D eigenvalue weighted by atomic mass is 16.5. The molecule has 184 valence electrons. The van der Waals surface area contributed by atoms with E-state index in [0.29, 0.717) is 23.4 Å². The minimum atomic E-state index is -0.832. The number of piperidine rings is 1. The summed E-state index contributed by atoms with van der Waals surface area (Å²) in [6.07, 6.45) is 3.67. The van der Waals surface area contributed by atoms with E-state index in [0.717, 1.165) is 48.8 Å². The lowest BCUT2D eigenvalue weighted by atomic mass is 10.1. The monoisotopic (exact) mass is 476 g/mol. The van der Waals surface area contributed by atoms with Crippen LogP contribution in [0.4, 0.5) is 17.1 Å². The summed E-state index contributed by atoms with van der Waals surface area (Å²) in [5, 5.41) is 19.9. The Hall–Kier alpha value is -3.72. The molecule has 3 heterocycles. The van der Waals surface area contributed by atoms with Gasteiger partial charge in [-0.3, -0.25) is 4.79 Å². The summed E-state index contributed by atoms with van der Waals surface area (Å²) in [6, 6.07) is 13.6. The van der Waals surface area contributed by atoms with Gasteiger partial charge in [0.25, 0.3) is 5.91 Å². The van der Waals surface area contributed by atoms with E-state index < -0.39 is 5.79 Å². The predicted octanol–water partition coefficient (Wildman–Crippen LogP) is 2.85. The number of anilines is 3. The van der Waals surface area contributed by atoms with E-state index in [1.165, 1.54) is 0 Å². The van der Waals surface area contributed by atoms with Gasteiger partial charge in [-0.25, -0.2) is 4.99 Å². The van der Waals surface area contributed by atoms with Gasteiger partial charge in [0.2, 0.25) is 5.79 Å². The van der Waals surface area contributed by atoms with Gasteiger partial charge >= 0.3 is 0 Å². The molecule has 1 atom stereocenters. The van der Waals surface area contributed by atoms with Crippen molar-refractivity contribution in [2.24, 2.45) is 4.99 Å². The summed E-state index contributed by atoms with van der Waals surface area (Å²) in [7, 11) is 3.60. The number of fused-ring (bicyclic) bond motifs is 1. The number of ether oxygens (including phenoxy) is 1. The number of nitrogens with one attached hydrogen (secondary N) is 3. The minimum absolute atomic E-state index is 0.162. The van der Waals surface area contributed by atoms with E-state index in [2.05, 4.69) is 26.9 Å². The smallest absolute Gasteiger partial charge is 0.257 e. The van der Waals surface area contributed by atoms with Gasteiger partial charge in [0.15, 0.2) is 0 Å². The van der Waals surface area contributed by atoms with Crippen LogP contribution < -0.4 is 30.5 Å². The van der Waals surface area contributed by atoms with Crippen molar-refractivity contribution >= 4 is 29.2 Å². The number of para-hydroxylation sites is 1. The maximum atomic E-state index is 12.8. The van der Waals surface area contributed by atoms with Crippen LogP contribution in [0.5, 0.6) is 5.75 Å². The first-order valence-electron chi connectivity index (χ1n) is 12.0. The van der Waals surface area contributed by atoms with Crippen LogP contribution in [0.1, 0.15) is 36.5 Å². The standard InChI is InChI=1S/C26H32N6O3/c1-4-26(29-20-10-9-17(15-23(20)35-3)32-13-11-18(33)12-14-32)27-16-21-24(30-26)31(2)22-8-6-5-7-19(22)25(34)28-21/h5-10,15-16,18,29-30,33H,4,11-14H2,1-3H3,(H,28,34). The maximum Gasteiger partial charge on any atom is 0.257 e. The number of allylic oxidation sites excluding steroid dienone is 1. The first-order valence-corrected chi connectivity index (χ1v) is 12.0. The van der Waals surface area contributed by atoms with Crippen LogP contribution in [0.3, 0.4) is 0 Å². The number of amides is 1. The second-order valence-corrected chi connectivity index (χ2v) is 9.12. The number of nitrogens with zero attached hydrogens (tertiary/aromatic N) is 3. The Labute approximate surface area is 205 Å². The van der Waals surface area contributed by atoms with Crippen LogP contribution in [0.25, 0.3) is 0 Å². The van der Waals surface area contributed by atoms with Crippen LogP contribution in [0, 0.1) is 0 Å². The van der Waals surface area contributed by atoms with Crippen molar-refractivity contribution in [3.8, 4) is 5.75 Å². The Balaban J connectivity index is 1.42. The average Bonchev–Trinajstić information content (AvgIpc) is 2.99. The van der Waals surface area contributed by atoms with Gasteiger partial charge in [0.05, 0.1) is 36.4 Å². The Bertz CT molecular complexity index is 1190. The van der Waals surface area contributed by atoms with Crippen LogP contribution in [-0.2, 0) is 0 Å². The second kappa shape index (κ2) is 9.14. The summed E-state index contributed by atoms with van der Waals surface area (Å²) in [6.45, 7) is 3.68. The van der Waals surface area contributed by atoms with E-state index >= 15 is 0 Å². The fraction of sp³-hybridized carbons (Fsp3) is 0.385. The van der Waals surface area contributed by atoms with Crippen LogP contribution >= 0.6 is 0 Å². The van der Waals surface area contributed by atoms with Crippen LogP contribution in [-0.4, -0.2) is 56.4 Å². The third-order valence-corrected chi connectivity index (χ3v) is 6.96. The number of methoxy groups -OCH3 is 1. The molecule has 4 N–H and O–H groups in total. The van der Waals surface area contributed by atoms with E-state index in [4.69, 9.17) is 9.73 Å². The molecule has 1 fully saturated rings. The quantitative estimate of drug-likeness (QED) is 0.526. The number of aliphatic imine (C=N–C) groups is 1. The van der Waals surface area contributed by atoms with Gasteiger partial charge in [-0.1, -0.05) is 19.1 Å². The van der Waals surface area contributed by atoms with Gasteiger partial charge < -0.3 is 35.6 Å². The van der Waals surface area contributed by atoms with Crippen molar-refractivity contribution in [1.82, 2.24) is 10.6 Å². The Morgan fingerprint density at radius 3 is 2.74 bits per heavy atom. The molecule has 0 bridgehead atoms. The zero-order valence-corrected chi connectivity index (χ0v) is 20.3. The molecule has 9 heteroatoms. The molecule has 1 amide bonds. The number of rotatable bonds is 5. The highest BCUT2D eigenvalue weighted by Gasteiger charge is 2.36. The lowest BCUT2D eigenvalue weighted by molar-refractivity contribution is 0.0969. The van der Waals surface area contributed by atoms with Crippen molar-refractivity contribution < 1.29 is 14.6 Å². The third kappa shape index (κ3) is 4.27. The molecule has 3 aliphatic rings. The molecule has 1 saturated heterocycles. The maximum absolute atomic E-state index is 12.8. The average molecular weight is 477 g/mol. The van der Waals surface area contributed by atoms with Gasteiger partial charge in [-0.15, -0.1) is 0 Å². The SMILES string of the molecule is CCC1(Nc2ccc(N3CCC(O)CC3)cc2OC)N=CC2=C(N1)N(C)c1ccccc1C(=O)N2. The molecule has 0 spiro atoms. The largest absolute Gasteiger partial charge is 0.495 e. The molecule has 2 aromatic carbocycles. The number of hydrogen-bond acceptors (Lipinski definition) is 8. The number of carbonyl (C=O) groups excluding carboxylic acids is 1. The molecule has 0 radical (unpaired) electrons. The second-order valence-electron chi connectivity index (χ2n) is 9.12. The van der Waals surface area contributed by atoms with E-state index in [1.807, 2.05) is 55.3 Å². The van der Waals surface area contributed by atoms with E-state index in [-0.39, 0.29) is 12.0 Å². The first kappa shape index (κ1) is 23.0. The van der Waals surface area contributed by atoms with Gasteiger partial charge in [0, 0.05) is 38.3 Å². The molecule has 0 aromatic heterocycles. The lowest BCUT2D eigenvalue weighted by Gasteiger charge is -2.39. The van der Waals surface area contributed by atoms with E-state index in [9.17, 15) is 9.90 Å². The molecule has 0 aliphatic carbocycles. The van der Waals surface area contributed by atoms with Crippen LogP contribution in [0.15, 0.2) is 59.0 Å². The summed E-state index contributed by atoms with van der Waals surface area (Å²) < 4.78 is 5.74. The number of hydrogen-bond donors (Lipinski definition) is 4. The highest BCUT2D eigenvalue weighted by molar-refractivity contribution is 6.05. The van der Waals surface area contributed by atoms with E-state index in [1.54, 1.807) is 13.3 Å². The zero-order valence-electron chi connectivity index (χ0n) is 20.3. The fourth-order valence-electron chi connectivity index (χ4n) is 4.81. The first-order chi connectivity index (χ1) is 16.9. The van der Waals surface area contributed by atoms with Gasteiger partial charge in [-0.05, 0) is 37.1 Å². The number of benzene rings is 2. The number of aliphatic hydroxyl groups excluding tert-OH is 1. The van der Waals surface area contributed by atoms with Crippen molar-refractivity contribution in [3.63, 3.8) is 0 Å². The van der Waals surface area contributed by atoms with Crippen molar-refractivity contribution in [2.45, 2.75) is 38.1 Å². The van der Waals surface area contributed by atoms with Gasteiger partial charge in [-0.2, -0.15) is 0 Å². The molecule has 1 unspecified atom stereocenters. The summed E-state index contributed by atoms with van der Waals surface area (Å²) in [5.74, 6) is 0.479. The molecule has 35 heavy (non-hydrogen) atoms. The van der Waals surface area contributed by atoms with Crippen molar-refractivity contribution in [2.75, 3.05) is 42.4 Å². The van der Waals surface area contributed by atoms with Crippen molar-refractivity contribution in [3.05, 3.63) is 59.5 Å². The summed E-state index contributed by atoms with van der Waals surface area (Å²) in [4.78, 5) is 21.8. The molecule has 2 aromatic rings. The topological polar surface area (TPSA) is 101 Å². The summed E-state index contributed by atoms with van der Waals surface area (Å²) in [5.41, 5.74) is 3.92. The molecule has 9 nitrogen and oxygen atoms in total. The minimum Gasteiger partial charge on any atom is -0.495 e.